The normalized spacial score (nSPS) is 21.8. The number of hydrogen-bond donors (Lipinski definition) is 1. The molecule has 0 unspecified atom stereocenters. The molecule has 1 N–H and O–H groups in total. The van der Waals surface area contributed by atoms with Gasteiger partial charge in [0, 0.05) is 19.7 Å². The molecule has 2 saturated heterocycles. The van der Waals surface area contributed by atoms with Gasteiger partial charge in [-0.15, -0.1) is 0 Å². The molecule has 0 radical (unpaired) electrons. The maximum Gasteiger partial charge on any atom is 0.387 e. The summed E-state index contributed by atoms with van der Waals surface area (Å²) in [6.07, 6.45) is 2.51. The molecule has 0 aliphatic carbocycles. The number of alkyl halides is 3. The lowest BCUT2D eigenvalue weighted by Crippen LogP contribution is -2.42. The van der Waals surface area contributed by atoms with Crippen molar-refractivity contribution in [3.63, 3.8) is 0 Å². The summed E-state index contributed by atoms with van der Waals surface area (Å²) >= 11 is 6.23. The average Bonchev–Trinajstić information content (AvgIpc) is 2.86. The van der Waals surface area contributed by atoms with Crippen LogP contribution in [0, 0.1) is 5.82 Å². The van der Waals surface area contributed by atoms with Crippen LogP contribution in [-0.4, -0.2) is 67.6 Å². The number of nitrogens with zero attached hydrogens (tertiary/aromatic N) is 3. The Morgan fingerprint density at radius 2 is 2.03 bits per heavy atom. The van der Waals surface area contributed by atoms with Crippen LogP contribution in [0.5, 0.6) is 5.75 Å². The van der Waals surface area contributed by atoms with Gasteiger partial charge in [-0.05, 0) is 43.9 Å². The molecule has 2 aromatic rings. The number of aromatic nitrogens is 2. The van der Waals surface area contributed by atoms with E-state index in [0.717, 1.165) is 21.1 Å². The first kappa shape index (κ1) is 27.6. The quantitative estimate of drug-likeness (QED) is 0.486. The Morgan fingerprint density at radius 1 is 1.30 bits per heavy atom. The lowest BCUT2D eigenvalue weighted by molar-refractivity contribution is -0.0518. The molecule has 2 aliphatic heterocycles. The Bertz CT molecular complexity index is 1280. The average molecular weight is 569 g/mol. The first-order valence-electron chi connectivity index (χ1n) is 11.5. The molecule has 0 spiro atoms. The Balaban J connectivity index is 1.45. The smallest absolute Gasteiger partial charge is 0.387 e. The number of rotatable bonds is 8. The molecule has 204 valence electrons. The van der Waals surface area contributed by atoms with Crippen LogP contribution in [0.3, 0.4) is 0 Å². The van der Waals surface area contributed by atoms with Gasteiger partial charge in [-0.1, -0.05) is 11.6 Å². The van der Waals surface area contributed by atoms with Gasteiger partial charge in [0.25, 0.3) is 5.56 Å². The first-order valence-corrected chi connectivity index (χ1v) is 13.3. The van der Waals surface area contributed by atoms with Crippen LogP contribution in [0.1, 0.15) is 31.7 Å². The van der Waals surface area contributed by atoms with Gasteiger partial charge < -0.3 is 14.8 Å². The van der Waals surface area contributed by atoms with Crippen molar-refractivity contribution in [2.75, 3.05) is 38.2 Å². The van der Waals surface area contributed by atoms with Crippen molar-refractivity contribution >= 4 is 27.3 Å². The summed E-state index contributed by atoms with van der Waals surface area (Å²) in [5.41, 5.74) is -2.04. The van der Waals surface area contributed by atoms with Crippen LogP contribution in [0.25, 0.3) is 0 Å². The minimum atomic E-state index is -4.37. The molecule has 1 aromatic carbocycles. The van der Waals surface area contributed by atoms with E-state index in [1.165, 1.54) is 6.20 Å². The van der Waals surface area contributed by atoms with Gasteiger partial charge in [0.1, 0.15) is 21.5 Å². The van der Waals surface area contributed by atoms with Crippen LogP contribution in [0.15, 0.2) is 34.1 Å². The second-order valence-corrected chi connectivity index (χ2v) is 11.2. The SMILES string of the molecule is O=c1c(Cl)c(NC[C@@]2(F)CCCOC2)cnn1C1CCN(S(=O)(=O)c2cc(F)ccc2OC(F)F)CC1. The van der Waals surface area contributed by atoms with E-state index in [1.807, 2.05) is 0 Å². The van der Waals surface area contributed by atoms with E-state index in [2.05, 4.69) is 15.2 Å². The van der Waals surface area contributed by atoms with Gasteiger partial charge in [0.15, 0.2) is 5.67 Å². The second-order valence-electron chi connectivity index (χ2n) is 8.89. The van der Waals surface area contributed by atoms with Crippen LogP contribution < -0.4 is 15.6 Å². The van der Waals surface area contributed by atoms with Crippen LogP contribution >= 0.6 is 11.6 Å². The number of nitrogens with one attached hydrogen (secondary N) is 1. The summed E-state index contributed by atoms with van der Waals surface area (Å²) in [5, 5.41) is 6.77. The van der Waals surface area contributed by atoms with Crippen molar-refractivity contribution in [3.05, 3.63) is 45.6 Å². The summed E-state index contributed by atoms with van der Waals surface area (Å²) in [6.45, 7) is -3.14. The van der Waals surface area contributed by atoms with Crippen LogP contribution in [0.4, 0.5) is 23.2 Å². The standard InChI is InChI=1S/C22H25ClF4N4O5S/c23-19-16(28-12-22(27)6-1-9-35-13-22)11-29-31(20(19)32)15-4-7-30(8-5-15)37(33,34)18-10-14(24)2-3-17(18)36-21(25)26/h2-3,10-11,15,21,28H,1,4-9,12-13H2/t22-/m0/s1. The van der Waals surface area contributed by atoms with Crippen molar-refractivity contribution in [1.29, 1.82) is 0 Å². The molecule has 2 aliphatic rings. The summed E-state index contributed by atoms with van der Waals surface area (Å²) in [6, 6.07) is 1.76. The molecule has 0 amide bonds. The molecule has 1 aromatic heterocycles. The zero-order valence-corrected chi connectivity index (χ0v) is 21.1. The number of sulfonamides is 1. The molecular weight excluding hydrogens is 544 g/mol. The van der Waals surface area contributed by atoms with Gasteiger partial charge in [0.2, 0.25) is 10.0 Å². The van der Waals surface area contributed by atoms with Crippen molar-refractivity contribution in [1.82, 2.24) is 14.1 Å². The van der Waals surface area contributed by atoms with Gasteiger partial charge >= 0.3 is 6.61 Å². The maximum absolute atomic E-state index is 14.8. The highest BCUT2D eigenvalue weighted by atomic mass is 35.5. The maximum atomic E-state index is 14.8. The van der Waals surface area contributed by atoms with Crippen molar-refractivity contribution in [2.24, 2.45) is 0 Å². The van der Waals surface area contributed by atoms with E-state index in [4.69, 9.17) is 16.3 Å². The number of halogens is 5. The zero-order valence-electron chi connectivity index (χ0n) is 19.5. The highest BCUT2D eigenvalue weighted by Gasteiger charge is 2.35. The number of benzene rings is 1. The highest BCUT2D eigenvalue weighted by Crippen LogP contribution is 2.32. The Kier molecular flexibility index (Phi) is 8.31. The molecule has 0 saturated carbocycles. The van der Waals surface area contributed by atoms with Crippen molar-refractivity contribution < 1.29 is 35.5 Å². The second kappa shape index (κ2) is 11.1. The largest absolute Gasteiger partial charge is 0.433 e. The lowest BCUT2D eigenvalue weighted by Gasteiger charge is -2.32. The predicted octanol–water partition coefficient (Wildman–Crippen LogP) is 3.59. The van der Waals surface area contributed by atoms with E-state index in [-0.39, 0.29) is 49.8 Å². The third kappa shape index (κ3) is 6.19. The molecular formula is C22H25ClF4N4O5S. The predicted molar refractivity (Wildman–Crippen MR) is 126 cm³/mol. The van der Waals surface area contributed by atoms with Crippen LogP contribution in [-0.2, 0) is 14.8 Å². The summed E-state index contributed by atoms with van der Waals surface area (Å²) in [7, 11) is -4.37. The minimum absolute atomic E-state index is 0.0605. The molecule has 9 nitrogen and oxygen atoms in total. The topological polar surface area (TPSA) is 103 Å². The Morgan fingerprint density at radius 3 is 2.68 bits per heavy atom. The number of piperidine rings is 1. The third-order valence-corrected chi connectivity index (χ3v) is 8.61. The van der Waals surface area contributed by atoms with Crippen molar-refractivity contribution in [3.8, 4) is 5.75 Å². The molecule has 37 heavy (non-hydrogen) atoms. The molecule has 1 atom stereocenters. The first-order chi connectivity index (χ1) is 17.5. The molecule has 3 heterocycles. The van der Waals surface area contributed by atoms with E-state index in [1.54, 1.807) is 0 Å². The van der Waals surface area contributed by atoms with E-state index >= 15 is 0 Å². The van der Waals surface area contributed by atoms with Crippen molar-refractivity contribution in [2.45, 2.75) is 48.9 Å². The lowest BCUT2D eigenvalue weighted by atomic mass is 9.99. The van der Waals surface area contributed by atoms with Gasteiger partial charge in [-0.2, -0.15) is 18.2 Å². The molecule has 0 bridgehead atoms. The molecule has 15 heteroatoms. The van der Waals surface area contributed by atoms with E-state index in [0.29, 0.717) is 25.5 Å². The fourth-order valence-corrected chi connectivity index (χ4v) is 6.19. The number of ether oxygens (including phenoxy) is 2. The highest BCUT2D eigenvalue weighted by molar-refractivity contribution is 7.89. The fraction of sp³-hybridized carbons (Fsp3) is 0.545. The minimum Gasteiger partial charge on any atom is -0.433 e. The Hall–Kier alpha value is -2.42. The summed E-state index contributed by atoms with van der Waals surface area (Å²) in [5.74, 6) is -1.59. The molecule has 2 fully saturated rings. The number of anilines is 1. The Labute approximate surface area is 215 Å². The van der Waals surface area contributed by atoms with Gasteiger partial charge in [-0.3, -0.25) is 4.79 Å². The zero-order chi connectivity index (χ0) is 26.8. The summed E-state index contributed by atoms with van der Waals surface area (Å²) in [4.78, 5) is 12.1. The fourth-order valence-electron chi connectivity index (χ4n) is 4.38. The summed E-state index contributed by atoms with van der Waals surface area (Å²) < 4.78 is 91.7. The van der Waals surface area contributed by atoms with E-state index < -0.39 is 50.4 Å². The molecule has 4 rings (SSSR count). The van der Waals surface area contributed by atoms with Gasteiger partial charge in [0.05, 0.1) is 31.1 Å². The van der Waals surface area contributed by atoms with E-state index in [9.17, 15) is 30.8 Å². The van der Waals surface area contributed by atoms with Crippen LogP contribution in [0.2, 0.25) is 5.02 Å². The third-order valence-electron chi connectivity index (χ3n) is 6.32. The number of hydrogen-bond acceptors (Lipinski definition) is 7. The van der Waals surface area contributed by atoms with Gasteiger partial charge in [-0.25, -0.2) is 21.9 Å². The monoisotopic (exact) mass is 568 g/mol.